The summed E-state index contributed by atoms with van der Waals surface area (Å²) in [6.45, 7) is 8.15. The van der Waals surface area contributed by atoms with Gasteiger partial charge in [0.25, 0.3) is 0 Å². The number of hydrogen-bond acceptors (Lipinski definition) is 8. The molecule has 1 saturated carbocycles. The van der Waals surface area contributed by atoms with E-state index in [-0.39, 0.29) is 24.1 Å². The number of benzene rings is 2. The number of aryl methyl sites for hydroxylation is 1. The van der Waals surface area contributed by atoms with E-state index in [0.29, 0.717) is 68.1 Å². The lowest BCUT2D eigenvalue weighted by Gasteiger charge is -2.26. The Kier molecular flexibility index (Phi) is 13.1. The molecule has 0 atom stereocenters. The van der Waals surface area contributed by atoms with Crippen LogP contribution in [0.5, 0.6) is 5.75 Å². The summed E-state index contributed by atoms with van der Waals surface area (Å²) in [4.78, 5) is 23.4. The highest BCUT2D eigenvalue weighted by atomic mass is 32.2. The number of nitrogens with one attached hydrogen (secondary N) is 1. The zero-order chi connectivity index (χ0) is 29.8. The van der Waals surface area contributed by atoms with Gasteiger partial charge in [-0.05, 0) is 74.9 Å². The second-order valence-corrected chi connectivity index (χ2v) is 10.7. The van der Waals surface area contributed by atoms with Crippen LogP contribution in [0.1, 0.15) is 49.3 Å². The van der Waals surface area contributed by atoms with Gasteiger partial charge in [-0.2, -0.15) is 0 Å². The smallest absolute Gasteiger partial charge is 0.250 e. The Morgan fingerprint density at radius 2 is 1.63 bits per heavy atom. The van der Waals surface area contributed by atoms with Crippen molar-refractivity contribution in [3.63, 3.8) is 0 Å². The van der Waals surface area contributed by atoms with Crippen LogP contribution in [0.25, 0.3) is 5.76 Å². The Labute approximate surface area is 246 Å². The van der Waals surface area contributed by atoms with E-state index in [0.717, 1.165) is 24.1 Å². The van der Waals surface area contributed by atoms with E-state index in [9.17, 15) is 14.0 Å². The zero-order valence-electron chi connectivity index (χ0n) is 24.6. The van der Waals surface area contributed by atoms with E-state index in [4.69, 9.17) is 18.9 Å². The Hall–Kier alpha value is -2.92. The lowest BCUT2D eigenvalue weighted by atomic mass is 10.0. The number of anilines is 1. The summed E-state index contributed by atoms with van der Waals surface area (Å²) in [5.41, 5.74) is 4.30. The van der Waals surface area contributed by atoms with Gasteiger partial charge in [-0.1, -0.05) is 18.0 Å². The molecule has 1 amide bonds. The van der Waals surface area contributed by atoms with Crippen LogP contribution in [-0.4, -0.2) is 71.2 Å². The molecule has 0 radical (unpaired) electrons. The molecular formula is C31H41FN2O6S. The molecular weight excluding hydrogens is 547 g/mol. The predicted octanol–water partition coefficient (Wildman–Crippen LogP) is 5.29. The average Bonchev–Trinajstić information content (AvgIpc) is 3.81. The monoisotopic (exact) mass is 588 g/mol. The van der Waals surface area contributed by atoms with E-state index in [2.05, 4.69) is 15.7 Å². The molecule has 224 valence electrons. The third-order valence-electron chi connectivity index (χ3n) is 6.55. The number of halogens is 1. The van der Waals surface area contributed by atoms with Crippen molar-refractivity contribution in [3.05, 3.63) is 64.5 Å². The normalized spacial score (nSPS) is 13.5. The average molecular weight is 589 g/mol. The van der Waals surface area contributed by atoms with E-state index in [1.165, 1.54) is 24.6 Å². The first-order valence-electron chi connectivity index (χ1n) is 13.8. The van der Waals surface area contributed by atoms with Crippen LogP contribution >= 0.6 is 11.9 Å². The van der Waals surface area contributed by atoms with Gasteiger partial charge < -0.3 is 28.6 Å². The van der Waals surface area contributed by atoms with Crippen molar-refractivity contribution in [2.45, 2.75) is 39.5 Å². The second kappa shape index (κ2) is 16.5. The molecule has 2 aromatic rings. The standard InChI is InChI=1S/C31H41FN2O6S/c1-21-18-27(24-6-7-24)28(34(41-5)12-13-37-14-15-38-16-17-39-20-22(2)35)19-29(21)40-30(23(3)31(36)33-4)25-8-10-26(32)11-9-25/h8-11,18-19,24H,6-7,12-17,20H2,1-5H3,(H,33,36)/b30-23+. The molecule has 2 aromatic carbocycles. The largest absolute Gasteiger partial charge is 0.456 e. The zero-order valence-corrected chi connectivity index (χ0v) is 25.4. The molecule has 0 unspecified atom stereocenters. The highest BCUT2D eigenvalue weighted by Crippen LogP contribution is 2.47. The molecule has 0 bridgehead atoms. The summed E-state index contributed by atoms with van der Waals surface area (Å²) in [6.07, 6.45) is 4.32. The summed E-state index contributed by atoms with van der Waals surface area (Å²) >= 11 is 1.61. The number of ether oxygens (including phenoxy) is 4. The summed E-state index contributed by atoms with van der Waals surface area (Å²) in [7, 11) is 1.57. The predicted molar refractivity (Wildman–Crippen MR) is 161 cm³/mol. The van der Waals surface area contributed by atoms with Gasteiger partial charge >= 0.3 is 0 Å². The number of amides is 1. The first-order chi connectivity index (χ1) is 19.7. The number of Topliss-reactive ketones (excluding diaryl/α,β-unsaturated/α-hetero) is 1. The minimum Gasteiger partial charge on any atom is -0.456 e. The van der Waals surface area contributed by atoms with Gasteiger partial charge in [-0.25, -0.2) is 4.39 Å². The summed E-state index contributed by atoms with van der Waals surface area (Å²) < 4.78 is 38.8. The Bertz CT molecular complexity index is 1200. The fourth-order valence-corrected chi connectivity index (χ4v) is 4.83. The fourth-order valence-electron chi connectivity index (χ4n) is 4.21. The van der Waals surface area contributed by atoms with Gasteiger partial charge in [-0.15, -0.1) is 0 Å². The van der Waals surface area contributed by atoms with Crippen molar-refractivity contribution >= 4 is 35.1 Å². The van der Waals surface area contributed by atoms with Crippen molar-refractivity contribution < 1.29 is 32.9 Å². The Morgan fingerprint density at radius 3 is 2.22 bits per heavy atom. The van der Waals surface area contributed by atoms with Crippen LogP contribution < -0.4 is 14.4 Å². The highest BCUT2D eigenvalue weighted by Gasteiger charge is 2.29. The maximum atomic E-state index is 13.7. The van der Waals surface area contributed by atoms with Crippen LogP contribution in [0.2, 0.25) is 0 Å². The number of likely N-dealkylation sites (N-methyl/N-ethyl adjacent to an activating group) is 1. The first kappa shape index (κ1) is 32.6. The van der Waals surface area contributed by atoms with Gasteiger partial charge in [0.15, 0.2) is 5.78 Å². The van der Waals surface area contributed by atoms with Gasteiger partial charge in [0, 0.05) is 24.9 Å². The molecule has 8 nitrogen and oxygen atoms in total. The number of nitrogens with zero attached hydrogens (tertiary/aromatic N) is 1. The minimum absolute atomic E-state index is 0.00687. The number of hydrogen-bond donors (Lipinski definition) is 1. The number of carbonyl (C=O) groups excluding carboxylic acids is 2. The maximum Gasteiger partial charge on any atom is 0.250 e. The third-order valence-corrected chi connectivity index (χ3v) is 7.37. The van der Waals surface area contributed by atoms with Gasteiger partial charge in [0.1, 0.15) is 23.9 Å². The van der Waals surface area contributed by atoms with Gasteiger partial charge in [0.2, 0.25) is 5.91 Å². The number of carbonyl (C=O) groups is 2. The lowest BCUT2D eigenvalue weighted by molar-refractivity contribution is -0.122. The first-order valence-corrected chi connectivity index (χ1v) is 15.0. The highest BCUT2D eigenvalue weighted by molar-refractivity contribution is 7.99. The summed E-state index contributed by atoms with van der Waals surface area (Å²) in [6, 6.07) is 10.1. The van der Waals surface area contributed by atoms with Gasteiger partial charge in [-0.3, -0.25) is 9.59 Å². The SMILES string of the molecule is CNC(=O)/C(C)=C(/Oc1cc(N(CCOCCOCCOCC(C)=O)SC)c(C2CC2)cc1C)c1ccc(F)cc1. The Balaban J connectivity index is 1.71. The van der Waals surface area contributed by atoms with Crippen molar-refractivity contribution in [1.82, 2.24) is 5.32 Å². The number of ketones is 1. The van der Waals surface area contributed by atoms with Crippen molar-refractivity contribution in [2.75, 3.05) is 63.8 Å². The molecule has 1 fully saturated rings. The van der Waals surface area contributed by atoms with Crippen LogP contribution in [0.3, 0.4) is 0 Å². The molecule has 0 saturated heterocycles. The van der Waals surface area contributed by atoms with Crippen LogP contribution in [0.15, 0.2) is 42.0 Å². The molecule has 0 heterocycles. The quantitative estimate of drug-likeness (QED) is 0.109. The molecule has 3 rings (SSSR count). The van der Waals surface area contributed by atoms with Gasteiger partial charge in [0.05, 0.1) is 50.8 Å². The lowest BCUT2D eigenvalue weighted by Crippen LogP contribution is -2.22. The molecule has 1 aliphatic rings. The molecule has 1 N–H and O–H groups in total. The van der Waals surface area contributed by atoms with Crippen LogP contribution in [0, 0.1) is 12.7 Å². The number of rotatable bonds is 18. The van der Waals surface area contributed by atoms with Crippen LogP contribution in [-0.2, 0) is 23.8 Å². The maximum absolute atomic E-state index is 13.7. The topological polar surface area (TPSA) is 86.3 Å². The van der Waals surface area contributed by atoms with Crippen molar-refractivity contribution in [3.8, 4) is 5.75 Å². The Morgan fingerprint density at radius 1 is 1.00 bits per heavy atom. The van der Waals surface area contributed by atoms with Crippen molar-refractivity contribution in [2.24, 2.45) is 0 Å². The molecule has 41 heavy (non-hydrogen) atoms. The van der Waals surface area contributed by atoms with E-state index in [1.807, 2.05) is 19.2 Å². The molecule has 1 aliphatic carbocycles. The molecule has 10 heteroatoms. The summed E-state index contributed by atoms with van der Waals surface area (Å²) in [5, 5.41) is 2.65. The van der Waals surface area contributed by atoms with Crippen molar-refractivity contribution in [1.29, 1.82) is 0 Å². The second-order valence-electron chi connectivity index (χ2n) is 9.86. The fraction of sp³-hybridized carbons (Fsp3) is 0.484. The van der Waals surface area contributed by atoms with Crippen LogP contribution in [0.4, 0.5) is 10.1 Å². The van der Waals surface area contributed by atoms with E-state index in [1.54, 1.807) is 38.1 Å². The molecule has 0 aromatic heterocycles. The molecule has 0 spiro atoms. The molecule has 0 aliphatic heterocycles. The minimum atomic E-state index is -0.360. The summed E-state index contributed by atoms with van der Waals surface area (Å²) in [5.74, 6) is 0.878. The van der Waals surface area contributed by atoms with E-state index >= 15 is 0 Å². The van der Waals surface area contributed by atoms with E-state index < -0.39 is 0 Å². The third kappa shape index (κ3) is 10.1.